The molecule has 0 aromatic heterocycles. The Morgan fingerprint density at radius 2 is 1.85 bits per heavy atom. The highest BCUT2D eigenvalue weighted by atomic mass is 16.6. The Bertz CT molecular complexity index is 806. The fraction of sp³-hybridized carbons (Fsp3) is 0.364. The first kappa shape index (κ1) is 19.7. The molecule has 0 N–H and O–H groups in total. The molecule has 0 saturated carbocycles. The van der Waals surface area contributed by atoms with Crippen LogP contribution in [-0.2, 0) is 9.53 Å². The normalized spacial score (nSPS) is 11.1. The number of ether oxygens (including phenoxy) is 2. The second-order valence-corrected chi connectivity index (χ2v) is 7.07. The predicted molar refractivity (Wildman–Crippen MR) is 103 cm³/mol. The molecular formula is C22H26O4. The van der Waals surface area contributed by atoms with Gasteiger partial charge < -0.3 is 9.47 Å². The van der Waals surface area contributed by atoms with Crippen molar-refractivity contribution in [3.63, 3.8) is 0 Å². The second kappa shape index (κ2) is 8.17. The van der Waals surface area contributed by atoms with Gasteiger partial charge in [0.1, 0.15) is 17.6 Å². The number of rotatable bonds is 7. The van der Waals surface area contributed by atoms with Gasteiger partial charge in [-0.1, -0.05) is 24.3 Å². The molecule has 0 unspecified atom stereocenters. The summed E-state index contributed by atoms with van der Waals surface area (Å²) < 4.78 is 11.1. The Morgan fingerprint density at radius 1 is 1.12 bits per heavy atom. The lowest BCUT2D eigenvalue weighted by Crippen LogP contribution is -2.29. The smallest absolute Gasteiger partial charge is 0.303 e. The average molecular weight is 354 g/mol. The van der Waals surface area contributed by atoms with E-state index in [9.17, 15) is 9.59 Å². The third kappa shape index (κ3) is 4.94. The summed E-state index contributed by atoms with van der Waals surface area (Å²) in [5.74, 6) is 0.484. The molecule has 2 rings (SSSR count). The van der Waals surface area contributed by atoms with Crippen molar-refractivity contribution >= 4 is 12.3 Å². The monoisotopic (exact) mass is 354 g/mol. The Kier molecular flexibility index (Phi) is 6.19. The predicted octanol–water partition coefficient (Wildman–Crippen LogP) is 4.89. The molecule has 0 spiro atoms. The summed E-state index contributed by atoms with van der Waals surface area (Å²) >= 11 is 0. The molecule has 0 bridgehead atoms. The number of aryl methyl sites for hydroxylation is 1. The molecule has 2 aromatic carbocycles. The van der Waals surface area contributed by atoms with E-state index in [1.54, 1.807) is 0 Å². The van der Waals surface area contributed by atoms with Gasteiger partial charge in [-0.15, -0.1) is 0 Å². The summed E-state index contributed by atoms with van der Waals surface area (Å²) in [5, 5.41) is 0. The summed E-state index contributed by atoms with van der Waals surface area (Å²) in [6, 6.07) is 11.7. The highest BCUT2D eigenvalue weighted by molar-refractivity contribution is 5.83. The molecule has 2 aromatic rings. The number of hydrogen-bond donors (Lipinski definition) is 0. The Morgan fingerprint density at radius 3 is 2.46 bits per heavy atom. The van der Waals surface area contributed by atoms with Gasteiger partial charge in [-0.2, -0.15) is 0 Å². The molecule has 0 heterocycles. The molecule has 0 saturated heterocycles. The van der Waals surface area contributed by atoms with Crippen molar-refractivity contribution in [3.8, 4) is 16.9 Å². The van der Waals surface area contributed by atoms with Crippen molar-refractivity contribution in [1.29, 1.82) is 0 Å². The zero-order chi connectivity index (χ0) is 19.3. The lowest BCUT2D eigenvalue weighted by atomic mass is 9.94. The van der Waals surface area contributed by atoms with Crippen LogP contribution >= 0.6 is 0 Å². The number of benzene rings is 2. The van der Waals surface area contributed by atoms with Crippen LogP contribution in [0.2, 0.25) is 0 Å². The molecule has 0 atom stereocenters. The molecule has 0 aliphatic carbocycles. The van der Waals surface area contributed by atoms with E-state index in [1.807, 2.05) is 64.1 Å². The molecular weight excluding hydrogens is 328 g/mol. The van der Waals surface area contributed by atoms with E-state index in [-0.39, 0.29) is 5.97 Å². The van der Waals surface area contributed by atoms with Crippen molar-refractivity contribution < 1.29 is 19.1 Å². The van der Waals surface area contributed by atoms with E-state index in [0.717, 1.165) is 34.3 Å². The zero-order valence-corrected chi connectivity index (χ0v) is 16.1. The van der Waals surface area contributed by atoms with Crippen LogP contribution in [0.15, 0.2) is 36.4 Å². The number of esters is 1. The highest BCUT2D eigenvalue weighted by Crippen LogP contribution is 2.30. The molecule has 0 amide bonds. The van der Waals surface area contributed by atoms with Crippen molar-refractivity contribution in [3.05, 3.63) is 53.1 Å². The summed E-state index contributed by atoms with van der Waals surface area (Å²) in [7, 11) is 0. The first-order valence-corrected chi connectivity index (χ1v) is 8.72. The van der Waals surface area contributed by atoms with Crippen LogP contribution in [0, 0.1) is 13.8 Å². The number of hydrogen-bond acceptors (Lipinski definition) is 4. The van der Waals surface area contributed by atoms with Crippen LogP contribution in [0.4, 0.5) is 0 Å². The molecule has 0 aliphatic heterocycles. The van der Waals surface area contributed by atoms with Gasteiger partial charge in [-0.25, -0.2) is 0 Å². The molecule has 138 valence electrons. The molecule has 0 aliphatic rings. The van der Waals surface area contributed by atoms with Crippen molar-refractivity contribution in [1.82, 2.24) is 0 Å². The molecule has 0 fully saturated rings. The number of carbonyl (C=O) groups is 2. The molecule has 26 heavy (non-hydrogen) atoms. The Balaban J connectivity index is 2.11. The van der Waals surface area contributed by atoms with E-state index in [2.05, 4.69) is 0 Å². The maximum atomic E-state index is 11.2. The number of carbonyl (C=O) groups excluding carboxylic acids is 2. The van der Waals surface area contributed by atoms with Crippen LogP contribution in [0.1, 0.15) is 48.7 Å². The lowest BCUT2D eigenvalue weighted by molar-refractivity contribution is -0.154. The largest absolute Gasteiger partial charge is 0.493 e. The van der Waals surface area contributed by atoms with Gasteiger partial charge in [0.05, 0.1) is 6.61 Å². The lowest BCUT2D eigenvalue weighted by Gasteiger charge is -2.24. The fourth-order valence-corrected chi connectivity index (χ4v) is 2.96. The minimum Gasteiger partial charge on any atom is -0.493 e. The minimum atomic E-state index is -0.548. The second-order valence-electron chi connectivity index (χ2n) is 7.07. The molecule has 4 heteroatoms. The first-order valence-electron chi connectivity index (χ1n) is 8.72. The Labute approximate surface area is 155 Å². The average Bonchev–Trinajstić information content (AvgIpc) is 2.54. The van der Waals surface area contributed by atoms with Crippen molar-refractivity contribution in [2.24, 2.45) is 0 Å². The van der Waals surface area contributed by atoms with Gasteiger partial charge in [-0.05, 0) is 62.1 Å². The van der Waals surface area contributed by atoms with E-state index in [1.165, 1.54) is 6.92 Å². The topological polar surface area (TPSA) is 52.6 Å². The maximum Gasteiger partial charge on any atom is 0.303 e. The first-order chi connectivity index (χ1) is 12.2. The van der Waals surface area contributed by atoms with Crippen LogP contribution in [0.3, 0.4) is 0 Å². The van der Waals surface area contributed by atoms with Crippen LogP contribution < -0.4 is 4.74 Å². The third-order valence-corrected chi connectivity index (χ3v) is 4.38. The van der Waals surface area contributed by atoms with Crippen LogP contribution in [0.5, 0.6) is 5.75 Å². The Hall–Kier alpha value is -2.62. The quantitative estimate of drug-likeness (QED) is 0.524. The summed E-state index contributed by atoms with van der Waals surface area (Å²) in [6.07, 6.45) is 1.49. The number of aldehydes is 1. The van der Waals surface area contributed by atoms with E-state index in [4.69, 9.17) is 9.47 Å². The van der Waals surface area contributed by atoms with Crippen LogP contribution in [-0.4, -0.2) is 24.5 Å². The summed E-state index contributed by atoms with van der Waals surface area (Å²) in [5.41, 5.74) is 4.34. The zero-order valence-electron chi connectivity index (χ0n) is 16.1. The van der Waals surface area contributed by atoms with E-state index < -0.39 is 5.60 Å². The molecule has 4 nitrogen and oxygen atoms in total. The van der Waals surface area contributed by atoms with Crippen molar-refractivity contribution in [2.75, 3.05) is 6.61 Å². The van der Waals surface area contributed by atoms with Gasteiger partial charge in [-0.3, -0.25) is 9.59 Å². The highest BCUT2D eigenvalue weighted by Gasteiger charge is 2.21. The van der Waals surface area contributed by atoms with Gasteiger partial charge in [0.15, 0.2) is 0 Å². The summed E-state index contributed by atoms with van der Waals surface area (Å²) in [6.45, 7) is 9.59. The summed E-state index contributed by atoms with van der Waals surface area (Å²) in [4.78, 5) is 22.3. The van der Waals surface area contributed by atoms with E-state index >= 15 is 0 Å². The van der Waals surface area contributed by atoms with E-state index in [0.29, 0.717) is 18.6 Å². The van der Waals surface area contributed by atoms with Crippen molar-refractivity contribution in [2.45, 2.75) is 46.6 Å². The standard InChI is InChI=1S/C22H26O4/c1-15-13-19(25-12-11-22(4,5)26-17(3)24)9-10-20(15)21-8-6-7-18(14-23)16(21)2/h6-10,13-14H,11-12H2,1-5H3. The minimum absolute atomic E-state index is 0.289. The molecule has 0 radical (unpaired) electrons. The third-order valence-electron chi connectivity index (χ3n) is 4.38. The van der Waals surface area contributed by atoms with Gasteiger partial charge in [0.25, 0.3) is 0 Å². The van der Waals surface area contributed by atoms with Gasteiger partial charge >= 0.3 is 5.97 Å². The SMILES string of the molecule is CC(=O)OC(C)(C)CCOc1ccc(-c2cccc(C=O)c2C)c(C)c1. The maximum absolute atomic E-state index is 11.2. The van der Waals surface area contributed by atoms with Gasteiger partial charge in [0, 0.05) is 18.9 Å². The van der Waals surface area contributed by atoms with Gasteiger partial charge in [0.2, 0.25) is 0 Å². The fourth-order valence-electron chi connectivity index (χ4n) is 2.96. The van der Waals surface area contributed by atoms with Crippen LogP contribution in [0.25, 0.3) is 11.1 Å².